The van der Waals surface area contributed by atoms with Gasteiger partial charge in [0, 0.05) is 18.4 Å². The van der Waals surface area contributed by atoms with Crippen LogP contribution in [0.5, 0.6) is 0 Å². The molecule has 21 heavy (non-hydrogen) atoms. The van der Waals surface area contributed by atoms with Gasteiger partial charge in [0.05, 0.1) is 0 Å². The second-order valence-electron chi connectivity index (χ2n) is 7.17. The van der Waals surface area contributed by atoms with E-state index in [1.807, 2.05) is 6.20 Å². The van der Waals surface area contributed by atoms with Gasteiger partial charge in [0.1, 0.15) is 6.04 Å². The van der Waals surface area contributed by atoms with Crippen molar-refractivity contribution in [3.8, 4) is 0 Å². The lowest BCUT2D eigenvalue weighted by molar-refractivity contribution is -0.139. The van der Waals surface area contributed by atoms with Crippen molar-refractivity contribution in [2.45, 2.75) is 65.5 Å². The van der Waals surface area contributed by atoms with Crippen LogP contribution in [-0.2, 0) is 24.2 Å². The molecule has 1 aromatic rings. The minimum absolute atomic E-state index is 0.157. The number of fused-ring (bicyclic) bond motifs is 1. The average molecular weight is 290 g/mol. The Bertz CT molecular complexity index is 506. The van der Waals surface area contributed by atoms with Crippen LogP contribution >= 0.6 is 0 Å². The molecule has 1 aliphatic carbocycles. The maximum absolute atomic E-state index is 11.3. The molecule has 0 aliphatic heterocycles. The summed E-state index contributed by atoms with van der Waals surface area (Å²) in [6.45, 7) is 6.98. The van der Waals surface area contributed by atoms with Gasteiger partial charge in [-0.15, -0.1) is 0 Å². The summed E-state index contributed by atoms with van der Waals surface area (Å²) >= 11 is 0. The molecule has 1 atom stereocenters. The molecule has 0 saturated heterocycles. The lowest BCUT2D eigenvalue weighted by Crippen LogP contribution is -2.37. The van der Waals surface area contributed by atoms with E-state index < -0.39 is 12.0 Å². The maximum Gasteiger partial charge on any atom is 0.320 e. The van der Waals surface area contributed by atoms with Gasteiger partial charge in [0.2, 0.25) is 0 Å². The summed E-state index contributed by atoms with van der Waals surface area (Å²) in [5.41, 5.74) is 3.78. The first-order chi connectivity index (χ1) is 9.85. The summed E-state index contributed by atoms with van der Waals surface area (Å²) in [4.78, 5) is 15.8. The maximum atomic E-state index is 11.3. The van der Waals surface area contributed by atoms with Gasteiger partial charge in [-0.3, -0.25) is 9.78 Å². The van der Waals surface area contributed by atoms with Crippen LogP contribution in [0.3, 0.4) is 0 Å². The lowest BCUT2D eigenvalue weighted by atomic mass is 9.88. The topological polar surface area (TPSA) is 62.2 Å². The third kappa shape index (κ3) is 4.81. The number of aryl methyl sites for hydroxylation is 2. The van der Waals surface area contributed by atoms with Crippen LogP contribution in [0.1, 0.15) is 56.9 Å². The molecule has 116 valence electrons. The Morgan fingerprint density at radius 1 is 1.43 bits per heavy atom. The van der Waals surface area contributed by atoms with Crippen LogP contribution in [0.4, 0.5) is 0 Å². The fourth-order valence-electron chi connectivity index (χ4n) is 2.70. The van der Waals surface area contributed by atoms with Crippen molar-refractivity contribution in [3.05, 3.63) is 29.1 Å². The number of nitrogens with zero attached hydrogens (tertiary/aromatic N) is 1. The normalized spacial score (nSPS) is 15.8. The van der Waals surface area contributed by atoms with Gasteiger partial charge in [-0.1, -0.05) is 26.8 Å². The molecule has 2 rings (SSSR count). The van der Waals surface area contributed by atoms with E-state index in [0.29, 0.717) is 13.0 Å². The summed E-state index contributed by atoms with van der Waals surface area (Å²) in [6.07, 6.45) is 6.77. The molecule has 4 nitrogen and oxygen atoms in total. The van der Waals surface area contributed by atoms with E-state index in [1.165, 1.54) is 17.7 Å². The fourth-order valence-corrected chi connectivity index (χ4v) is 2.70. The first-order valence-corrected chi connectivity index (χ1v) is 7.78. The number of carbonyl (C=O) groups is 1. The summed E-state index contributed by atoms with van der Waals surface area (Å²) in [5, 5.41) is 12.5. The van der Waals surface area contributed by atoms with Crippen molar-refractivity contribution in [2.75, 3.05) is 0 Å². The number of nitrogens with one attached hydrogen (secondary N) is 1. The minimum Gasteiger partial charge on any atom is -0.480 e. The summed E-state index contributed by atoms with van der Waals surface area (Å²) in [6, 6.07) is 1.68. The van der Waals surface area contributed by atoms with Crippen LogP contribution in [0.15, 0.2) is 12.3 Å². The van der Waals surface area contributed by atoms with Crippen molar-refractivity contribution in [3.63, 3.8) is 0 Å². The minimum atomic E-state index is -0.770. The predicted molar refractivity (Wildman–Crippen MR) is 83.2 cm³/mol. The lowest BCUT2D eigenvalue weighted by Gasteiger charge is -2.21. The molecule has 1 aliphatic rings. The third-order valence-corrected chi connectivity index (χ3v) is 4.01. The number of carboxylic acids is 1. The molecule has 0 fully saturated rings. The van der Waals surface area contributed by atoms with E-state index in [4.69, 9.17) is 0 Å². The number of pyridine rings is 1. The van der Waals surface area contributed by atoms with Crippen LogP contribution in [-0.4, -0.2) is 22.1 Å². The van der Waals surface area contributed by atoms with E-state index in [2.05, 4.69) is 37.1 Å². The van der Waals surface area contributed by atoms with Crippen molar-refractivity contribution in [1.82, 2.24) is 10.3 Å². The van der Waals surface area contributed by atoms with Gasteiger partial charge >= 0.3 is 5.97 Å². The van der Waals surface area contributed by atoms with E-state index in [9.17, 15) is 9.90 Å². The van der Waals surface area contributed by atoms with Gasteiger partial charge in [0.15, 0.2) is 0 Å². The van der Waals surface area contributed by atoms with E-state index in [1.54, 1.807) is 0 Å². The number of aliphatic carboxylic acids is 1. The van der Waals surface area contributed by atoms with Crippen molar-refractivity contribution < 1.29 is 9.90 Å². The second kappa shape index (κ2) is 6.56. The monoisotopic (exact) mass is 290 g/mol. The van der Waals surface area contributed by atoms with Crippen LogP contribution < -0.4 is 5.32 Å². The van der Waals surface area contributed by atoms with Gasteiger partial charge in [-0.25, -0.2) is 0 Å². The molecule has 0 radical (unpaired) electrons. The Balaban J connectivity index is 1.91. The zero-order valence-electron chi connectivity index (χ0n) is 13.3. The van der Waals surface area contributed by atoms with E-state index in [-0.39, 0.29) is 5.41 Å². The van der Waals surface area contributed by atoms with Gasteiger partial charge in [-0.05, 0) is 48.6 Å². The first-order valence-electron chi connectivity index (χ1n) is 7.78. The first kappa shape index (κ1) is 16.0. The molecule has 0 bridgehead atoms. The zero-order valence-corrected chi connectivity index (χ0v) is 13.3. The molecule has 0 unspecified atom stereocenters. The molecule has 0 saturated carbocycles. The summed E-state index contributed by atoms with van der Waals surface area (Å²) in [7, 11) is 0. The third-order valence-electron chi connectivity index (χ3n) is 4.01. The fraction of sp³-hybridized carbons (Fsp3) is 0.647. The van der Waals surface area contributed by atoms with Crippen LogP contribution in [0, 0.1) is 5.41 Å². The number of rotatable bonds is 6. The molecular weight excluding hydrogens is 264 g/mol. The van der Waals surface area contributed by atoms with Crippen molar-refractivity contribution in [2.24, 2.45) is 5.41 Å². The van der Waals surface area contributed by atoms with Crippen molar-refractivity contribution >= 4 is 5.97 Å². The highest BCUT2D eigenvalue weighted by atomic mass is 16.4. The Kier molecular flexibility index (Phi) is 4.99. The summed E-state index contributed by atoms with van der Waals surface area (Å²) in [5.74, 6) is -0.770. The quantitative estimate of drug-likeness (QED) is 0.845. The molecule has 1 aromatic heterocycles. The molecule has 0 aromatic carbocycles. The Hall–Kier alpha value is -1.42. The largest absolute Gasteiger partial charge is 0.480 e. The SMILES string of the molecule is CC(C)(C)CC[C@H](NCc1cnc2c(c1)CCC2)C(=O)O. The molecular formula is C17H26N2O2. The van der Waals surface area contributed by atoms with Crippen molar-refractivity contribution in [1.29, 1.82) is 0 Å². The standard InChI is InChI=1S/C17H26N2O2/c1-17(2,3)8-7-15(16(20)21)19-11-12-9-13-5-4-6-14(13)18-10-12/h9-10,15,19H,4-8,11H2,1-3H3,(H,20,21)/t15-/m0/s1. The second-order valence-corrected chi connectivity index (χ2v) is 7.17. The van der Waals surface area contributed by atoms with Crippen LogP contribution in [0.2, 0.25) is 0 Å². The zero-order chi connectivity index (χ0) is 15.5. The highest BCUT2D eigenvalue weighted by Crippen LogP contribution is 2.22. The molecule has 4 heteroatoms. The molecule has 2 N–H and O–H groups in total. The van der Waals surface area contributed by atoms with E-state index >= 15 is 0 Å². The number of hydrogen-bond donors (Lipinski definition) is 2. The van der Waals surface area contributed by atoms with E-state index in [0.717, 1.165) is 24.8 Å². The highest BCUT2D eigenvalue weighted by molar-refractivity contribution is 5.73. The number of hydrogen-bond acceptors (Lipinski definition) is 3. The molecule has 0 spiro atoms. The molecule has 1 heterocycles. The number of carboxylic acid groups (broad SMARTS) is 1. The van der Waals surface area contributed by atoms with Gasteiger partial charge in [0.25, 0.3) is 0 Å². The molecule has 0 amide bonds. The summed E-state index contributed by atoms with van der Waals surface area (Å²) < 4.78 is 0. The van der Waals surface area contributed by atoms with Crippen LogP contribution in [0.25, 0.3) is 0 Å². The Morgan fingerprint density at radius 2 is 2.19 bits per heavy atom. The smallest absolute Gasteiger partial charge is 0.320 e. The Labute approximate surface area is 127 Å². The predicted octanol–water partition coefficient (Wildman–Crippen LogP) is 2.94. The highest BCUT2D eigenvalue weighted by Gasteiger charge is 2.21. The average Bonchev–Trinajstić information content (AvgIpc) is 2.84. The Morgan fingerprint density at radius 3 is 2.86 bits per heavy atom. The number of aromatic nitrogens is 1. The van der Waals surface area contributed by atoms with Gasteiger partial charge < -0.3 is 10.4 Å². The van der Waals surface area contributed by atoms with Gasteiger partial charge in [-0.2, -0.15) is 0 Å².